The van der Waals surface area contributed by atoms with Crippen LogP contribution in [0.15, 0.2) is 136 Å². The number of thioether (sulfide) groups is 1. The minimum absolute atomic E-state index is 0.241. The van der Waals surface area contributed by atoms with Gasteiger partial charge < -0.3 is 0 Å². The first-order chi connectivity index (χ1) is 23.4. The number of carbonyl (C=O) groups is 1. The molecule has 0 saturated carbocycles. The Hall–Kier alpha value is -4.48. The summed E-state index contributed by atoms with van der Waals surface area (Å²) in [6.07, 6.45) is 6.52. The van der Waals surface area contributed by atoms with Crippen molar-refractivity contribution in [3.8, 4) is 16.9 Å². The molecule has 48 heavy (non-hydrogen) atoms. The van der Waals surface area contributed by atoms with Crippen LogP contribution >= 0.6 is 23.4 Å². The van der Waals surface area contributed by atoms with Crippen molar-refractivity contribution in [2.45, 2.75) is 29.1 Å². The first-order valence-corrected chi connectivity index (χ1v) is 18.5. The van der Waals surface area contributed by atoms with Crippen molar-refractivity contribution in [2.75, 3.05) is 23.9 Å². The van der Waals surface area contributed by atoms with Crippen molar-refractivity contribution in [1.29, 1.82) is 0 Å². The second-order valence-corrected chi connectivity index (χ2v) is 14.9. The van der Waals surface area contributed by atoms with Crippen LogP contribution in [-0.4, -0.2) is 53.0 Å². The molecule has 1 saturated heterocycles. The molecule has 3 heterocycles. The van der Waals surface area contributed by atoms with E-state index < -0.39 is 10.0 Å². The summed E-state index contributed by atoms with van der Waals surface area (Å²) in [6, 6.07) is 33.5. The number of carbonyl (C=O) groups excluding carboxylic acids is 1. The van der Waals surface area contributed by atoms with E-state index in [-0.39, 0.29) is 10.8 Å². The van der Waals surface area contributed by atoms with Crippen LogP contribution in [-0.2, 0) is 14.8 Å². The maximum absolute atomic E-state index is 14.0. The maximum Gasteiger partial charge on any atom is 0.280 e. The van der Waals surface area contributed by atoms with Gasteiger partial charge in [-0.1, -0.05) is 66.6 Å². The molecule has 2 aliphatic heterocycles. The molecule has 0 bridgehead atoms. The lowest BCUT2D eigenvalue weighted by Crippen LogP contribution is -2.35. The fourth-order valence-electron chi connectivity index (χ4n) is 5.76. The van der Waals surface area contributed by atoms with E-state index in [0.29, 0.717) is 52.1 Å². The average Bonchev–Trinajstić information content (AvgIpc) is 3.70. The third kappa shape index (κ3) is 6.75. The summed E-state index contributed by atoms with van der Waals surface area (Å²) in [5.41, 5.74) is 4.66. The van der Waals surface area contributed by atoms with E-state index in [0.717, 1.165) is 35.4 Å². The zero-order valence-electron chi connectivity index (χ0n) is 25.9. The number of hydrogen-bond donors (Lipinski definition) is 0. The Labute approximate surface area is 289 Å². The molecule has 242 valence electrons. The largest absolute Gasteiger partial charge is 0.280 e. The third-order valence-electron chi connectivity index (χ3n) is 8.29. The predicted octanol–water partition coefficient (Wildman–Crippen LogP) is 7.95. The van der Waals surface area contributed by atoms with E-state index in [1.807, 2.05) is 97.2 Å². The molecule has 0 aliphatic carbocycles. The van der Waals surface area contributed by atoms with E-state index in [1.165, 1.54) is 5.01 Å². The number of halogens is 1. The predicted molar refractivity (Wildman–Crippen MR) is 193 cm³/mol. The van der Waals surface area contributed by atoms with E-state index in [1.54, 1.807) is 45.0 Å². The Kier molecular flexibility index (Phi) is 9.32. The van der Waals surface area contributed by atoms with Crippen molar-refractivity contribution in [3.05, 3.63) is 132 Å². The number of para-hydroxylation sites is 2. The summed E-state index contributed by atoms with van der Waals surface area (Å²) in [5.74, 6) is 0.211. The molecule has 0 unspecified atom stereocenters. The number of aromatic nitrogens is 2. The van der Waals surface area contributed by atoms with E-state index >= 15 is 0 Å². The number of hydrazone groups is 1. The van der Waals surface area contributed by atoms with Gasteiger partial charge in [-0.15, -0.1) is 11.8 Å². The molecule has 1 fully saturated rings. The maximum atomic E-state index is 14.0. The van der Waals surface area contributed by atoms with Crippen LogP contribution in [0.1, 0.15) is 24.8 Å². The number of nitrogens with zero attached hydrogens (tertiary/aromatic N) is 5. The number of sulfonamides is 1. The van der Waals surface area contributed by atoms with Gasteiger partial charge in [-0.25, -0.2) is 13.1 Å². The normalized spacial score (nSPS) is 16.4. The number of amides is 1. The summed E-state index contributed by atoms with van der Waals surface area (Å²) >= 11 is 7.67. The second kappa shape index (κ2) is 13.9. The minimum atomic E-state index is -3.59. The summed E-state index contributed by atoms with van der Waals surface area (Å²) in [5, 5.41) is 11.8. The molecule has 4 aromatic carbocycles. The molecule has 11 heteroatoms. The van der Waals surface area contributed by atoms with E-state index in [4.69, 9.17) is 21.8 Å². The summed E-state index contributed by atoms with van der Waals surface area (Å²) in [4.78, 5) is 15.3. The molecule has 2 aliphatic rings. The van der Waals surface area contributed by atoms with Crippen molar-refractivity contribution in [1.82, 2.24) is 14.1 Å². The van der Waals surface area contributed by atoms with Gasteiger partial charge in [0.25, 0.3) is 5.91 Å². The molecular weight excluding hydrogens is 662 g/mol. The Bertz CT molecular complexity index is 2090. The van der Waals surface area contributed by atoms with Crippen LogP contribution in [0.25, 0.3) is 23.0 Å². The lowest BCUT2D eigenvalue weighted by Gasteiger charge is -2.25. The van der Waals surface area contributed by atoms with Crippen LogP contribution in [0.4, 0.5) is 5.69 Å². The second-order valence-electron chi connectivity index (χ2n) is 11.5. The zero-order chi connectivity index (χ0) is 33.1. The van der Waals surface area contributed by atoms with Crippen LogP contribution in [0.2, 0.25) is 5.02 Å². The van der Waals surface area contributed by atoms with Gasteiger partial charge in [0.1, 0.15) is 0 Å². The molecular formula is C37H32ClN5O3S2. The number of anilines is 1. The van der Waals surface area contributed by atoms with Crippen molar-refractivity contribution in [2.24, 2.45) is 5.10 Å². The van der Waals surface area contributed by atoms with Crippen LogP contribution < -0.4 is 5.01 Å². The summed E-state index contributed by atoms with van der Waals surface area (Å²) in [6.45, 7) is 1.08. The highest BCUT2D eigenvalue weighted by Gasteiger charge is 2.32. The monoisotopic (exact) mass is 693 g/mol. The van der Waals surface area contributed by atoms with Crippen molar-refractivity contribution >= 4 is 56.8 Å². The fraction of sp³-hybridized carbons (Fsp3) is 0.162. The fourth-order valence-corrected chi connectivity index (χ4v) is 8.25. The number of piperidine rings is 1. The van der Waals surface area contributed by atoms with Gasteiger partial charge in [-0.3, -0.25) is 4.79 Å². The van der Waals surface area contributed by atoms with Gasteiger partial charge in [0, 0.05) is 46.1 Å². The molecule has 1 aromatic heterocycles. The Morgan fingerprint density at radius 1 is 0.792 bits per heavy atom. The minimum Gasteiger partial charge on any atom is -0.267 e. The molecule has 8 nitrogen and oxygen atoms in total. The smallest absolute Gasteiger partial charge is 0.267 e. The topological polar surface area (TPSA) is 87.9 Å². The van der Waals surface area contributed by atoms with Crippen molar-refractivity contribution < 1.29 is 13.2 Å². The SMILES string of the molecule is O=C1/C(=C\c2cn(-c3ccccc3)nc2-c2ccc(S(=O)(=O)N3CCCCC3)cc2)C(CSc2ccc(Cl)cc2)=NN1c1ccccc1. The Balaban J connectivity index is 1.28. The number of hydrogen-bond acceptors (Lipinski definition) is 6. The van der Waals surface area contributed by atoms with Gasteiger partial charge >= 0.3 is 0 Å². The molecule has 0 N–H and O–H groups in total. The number of rotatable bonds is 9. The van der Waals surface area contributed by atoms with Gasteiger partial charge in [-0.2, -0.15) is 19.5 Å². The van der Waals surface area contributed by atoms with Gasteiger partial charge in [0.05, 0.1) is 33.2 Å². The highest BCUT2D eigenvalue weighted by atomic mass is 35.5. The average molecular weight is 694 g/mol. The van der Waals surface area contributed by atoms with Gasteiger partial charge in [0.2, 0.25) is 10.0 Å². The van der Waals surface area contributed by atoms with Gasteiger partial charge in [0.15, 0.2) is 0 Å². The van der Waals surface area contributed by atoms with Crippen LogP contribution in [0.5, 0.6) is 0 Å². The van der Waals surface area contributed by atoms with E-state index in [9.17, 15) is 13.2 Å². The van der Waals surface area contributed by atoms with Crippen LogP contribution in [0, 0.1) is 0 Å². The van der Waals surface area contributed by atoms with E-state index in [2.05, 4.69) is 0 Å². The first kappa shape index (κ1) is 32.1. The third-order valence-corrected chi connectivity index (χ3v) is 11.5. The highest BCUT2D eigenvalue weighted by molar-refractivity contribution is 8.00. The number of benzene rings is 4. The Morgan fingerprint density at radius 3 is 2.10 bits per heavy atom. The highest BCUT2D eigenvalue weighted by Crippen LogP contribution is 2.32. The zero-order valence-corrected chi connectivity index (χ0v) is 28.3. The molecule has 0 atom stereocenters. The first-order valence-electron chi connectivity index (χ1n) is 15.7. The summed E-state index contributed by atoms with van der Waals surface area (Å²) < 4.78 is 30.0. The standard InChI is InChI=1S/C37H32ClN5O3S2/c38-29-16-18-32(19-17-29)47-26-35-34(37(44)43(39-35)31-12-6-2-7-13-31)24-28-25-42(30-10-4-1-5-11-30)40-36(28)27-14-20-33(21-15-27)48(45,46)41-22-8-3-9-23-41/h1-2,4-7,10-21,24-25H,3,8-9,22-23,26H2/b34-24-. The molecule has 5 aromatic rings. The molecule has 1 amide bonds. The quantitative estimate of drug-likeness (QED) is 0.116. The molecule has 0 spiro atoms. The van der Waals surface area contributed by atoms with Crippen molar-refractivity contribution in [3.63, 3.8) is 0 Å². The molecule has 0 radical (unpaired) electrons. The van der Waals surface area contributed by atoms with Crippen LogP contribution in [0.3, 0.4) is 0 Å². The lowest BCUT2D eigenvalue weighted by molar-refractivity contribution is -0.114. The Morgan fingerprint density at radius 2 is 1.44 bits per heavy atom. The van der Waals surface area contributed by atoms with Gasteiger partial charge in [-0.05, 0) is 79.6 Å². The molecule has 7 rings (SSSR count). The summed E-state index contributed by atoms with van der Waals surface area (Å²) in [7, 11) is -3.59. The lowest BCUT2D eigenvalue weighted by atomic mass is 10.0.